The Morgan fingerprint density at radius 1 is 1.06 bits per heavy atom. The van der Waals surface area contributed by atoms with Crippen LogP contribution in [0.4, 0.5) is 0 Å². The molecule has 0 aliphatic carbocycles. The molecular formula is C16H13N. The number of H-pyrrole nitrogens is 1. The minimum atomic E-state index is 0.869. The first kappa shape index (κ1) is 9.95. The van der Waals surface area contributed by atoms with Gasteiger partial charge in [-0.25, -0.2) is 0 Å². The van der Waals surface area contributed by atoms with Crippen LogP contribution in [-0.4, -0.2) is 4.98 Å². The number of aromatic amines is 1. The van der Waals surface area contributed by atoms with Gasteiger partial charge in [0.25, 0.3) is 0 Å². The SMILES string of the molecule is C=C=CCc1cccc2c1[nH]c1ccccc12. The zero-order chi connectivity index (χ0) is 11.7. The fourth-order valence-electron chi connectivity index (χ4n) is 2.29. The lowest BCUT2D eigenvalue weighted by atomic mass is 10.1. The van der Waals surface area contributed by atoms with Crippen molar-refractivity contribution in [3.8, 4) is 0 Å². The molecule has 0 atom stereocenters. The average molecular weight is 219 g/mol. The predicted molar refractivity (Wildman–Crippen MR) is 73.2 cm³/mol. The van der Waals surface area contributed by atoms with Crippen molar-refractivity contribution in [2.24, 2.45) is 0 Å². The van der Waals surface area contributed by atoms with Gasteiger partial charge in [-0.15, -0.1) is 5.73 Å². The highest BCUT2D eigenvalue weighted by molar-refractivity contribution is 6.08. The highest BCUT2D eigenvalue weighted by Gasteiger charge is 2.05. The molecule has 1 aromatic heterocycles. The second-order valence-corrected chi connectivity index (χ2v) is 4.12. The number of allylic oxidation sites excluding steroid dienone is 1. The van der Waals surface area contributed by atoms with E-state index in [0.717, 1.165) is 6.42 Å². The molecule has 1 nitrogen and oxygen atoms in total. The van der Waals surface area contributed by atoms with Crippen LogP contribution in [0.1, 0.15) is 5.56 Å². The lowest BCUT2D eigenvalue weighted by Gasteiger charge is -1.98. The Labute approximate surface area is 100 Å². The van der Waals surface area contributed by atoms with Gasteiger partial charge in [0.2, 0.25) is 0 Å². The predicted octanol–water partition coefficient (Wildman–Crippen LogP) is 4.20. The van der Waals surface area contributed by atoms with Crippen molar-refractivity contribution in [2.45, 2.75) is 6.42 Å². The molecule has 0 aliphatic heterocycles. The molecule has 2 aromatic carbocycles. The Morgan fingerprint density at radius 2 is 1.88 bits per heavy atom. The van der Waals surface area contributed by atoms with Crippen LogP contribution < -0.4 is 0 Å². The molecule has 3 rings (SSSR count). The van der Waals surface area contributed by atoms with Crippen LogP contribution in [0.5, 0.6) is 0 Å². The number of rotatable bonds is 2. The molecule has 0 fully saturated rings. The molecule has 1 heteroatoms. The zero-order valence-corrected chi connectivity index (χ0v) is 9.53. The van der Waals surface area contributed by atoms with Crippen LogP contribution in [-0.2, 0) is 6.42 Å². The summed E-state index contributed by atoms with van der Waals surface area (Å²) in [6.07, 6.45) is 2.83. The van der Waals surface area contributed by atoms with E-state index in [1.807, 2.05) is 6.08 Å². The van der Waals surface area contributed by atoms with Gasteiger partial charge in [0, 0.05) is 16.3 Å². The summed E-state index contributed by atoms with van der Waals surface area (Å²) in [6.45, 7) is 3.61. The van der Waals surface area contributed by atoms with Gasteiger partial charge in [-0.3, -0.25) is 0 Å². The van der Waals surface area contributed by atoms with Crippen molar-refractivity contribution < 1.29 is 0 Å². The monoisotopic (exact) mass is 219 g/mol. The van der Waals surface area contributed by atoms with Crippen LogP contribution in [0.3, 0.4) is 0 Å². The standard InChI is InChI=1S/C16H13N/c1-2-3-7-12-8-6-10-14-13-9-4-5-11-15(13)17-16(12)14/h3-6,8-11,17H,1,7H2. The van der Waals surface area contributed by atoms with Crippen molar-refractivity contribution >= 4 is 21.8 Å². The van der Waals surface area contributed by atoms with Gasteiger partial charge in [0.1, 0.15) is 0 Å². The van der Waals surface area contributed by atoms with E-state index in [2.05, 4.69) is 59.8 Å². The lowest BCUT2D eigenvalue weighted by Crippen LogP contribution is -1.82. The normalized spacial score (nSPS) is 10.6. The highest BCUT2D eigenvalue weighted by Crippen LogP contribution is 2.27. The summed E-state index contributed by atoms with van der Waals surface area (Å²) in [5.74, 6) is 0. The minimum Gasteiger partial charge on any atom is -0.354 e. The van der Waals surface area contributed by atoms with Gasteiger partial charge in [-0.05, 0) is 24.1 Å². The number of para-hydroxylation sites is 2. The highest BCUT2D eigenvalue weighted by atomic mass is 14.7. The van der Waals surface area contributed by atoms with Gasteiger partial charge in [-0.2, -0.15) is 0 Å². The lowest BCUT2D eigenvalue weighted by molar-refractivity contribution is 1.29. The number of hydrogen-bond acceptors (Lipinski definition) is 0. The molecule has 0 spiro atoms. The van der Waals surface area contributed by atoms with Crippen LogP contribution >= 0.6 is 0 Å². The number of fused-ring (bicyclic) bond motifs is 3. The first-order valence-corrected chi connectivity index (χ1v) is 5.73. The summed E-state index contributed by atoms with van der Waals surface area (Å²) >= 11 is 0. The molecular weight excluding hydrogens is 206 g/mol. The first-order valence-electron chi connectivity index (χ1n) is 5.73. The molecule has 0 bridgehead atoms. The van der Waals surface area contributed by atoms with E-state index in [4.69, 9.17) is 0 Å². The summed E-state index contributed by atoms with van der Waals surface area (Å²) in [4.78, 5) is 3.49. The maximum Gasteiger partial charge on any atom is 0.0500 e. The van der Waals surface area contributed by atoms with Crippen molar-refractivity contribution in [2.75, 3.05) is 0 Å². The number of aromatic nitrogens is 1. The van der Waals surface area contributed by atoms with Gasteiger partial charge in [0.15, 0.2) is 0 Å². The number of hydrogen-bond donors (Lipinski definition) is 1. The van der Waals surface area contributed by atoms with E-state index >= 15 is 0 Å². The molecule has 0 saturated heterocycles. The van der Waals surface area contributed by atoms with Gasteiger partial charge >= 0.3 is 0 Å². The second-order valence-electron chi connectivity index (χ2n) is 4.12. The Kier molecular flexibility index (Phi) is 2.32. The van der Waals surface area contributed by atoms with Crippen LogP contribution in [0.2, 0.25) is 0 Å². The fourth-order valence-corrected chi connectivity index (χ4v) is 2.29. The van der Waals surface area contributed by atoms with E-state index in [0.29, 0.717) is 0 Å². The Balaban J connectivity index is 2.35. The molecule has 0 amide bonds. The van der Waals surface area contributed by atoms with E-state index in [1.165, 1.54) is 27.4 Å². The average Bonchev–Trinajstić information content (AvgIpc) is 2.75. The largest absolute Gasteiger partial charge is 0.354 e. The van der Waals surface area contributed by atoms with E-state index in [1.54, 1.807) is 0 Å². The Bertz CT molecular complexity index is 727. The molecule has 0 saturated carbocycles. The van der Waals surface area contributed by atoms with E-state index in [-0.39, 0.29) is 0 Å². The van der Waals surface area contributed by atoms with Gasteiger partial charge in [0.05, 0.1) is 5.52 Å². The summed E-state index contributed by atoms with van der Waals surface area (Å²) in [6, 6.07) is 14.8. The van der Waals surface area contributed by atoms with Crippen LogP contribution in [0.15, 0.2) is 60.9 Å². The van der Waals surface area contributed by atoms with Crippen molar-refractivity contribution in [1.82, 2.24) is 4.98 Å². The fraction of sp³-hybridized carbons (Fsp3) is 0.0625. The first-order chi connectivity index (χ1) is 8.40. The smallest absolute Gasteiger partial charge is 0.0500 e. The molecule has 0 unspecified atom stereocenters. The second kappa shape index (κ2) is 3.97. The van der Waals surface area contributed by atoms with E-state index in [9.17, 15) is 0 Å². The Morgan fingerprint density at radius 3 is 2.76 bits per heavy atom. The molecule has 1 heterocycles. The van der Waals surface area contributed by atoms with Crippen molar-refractivity contribution in [1.29, 1.82) is 0 Å². The number of nitrogens with one attached hydrogen (secondary N) is 1. The van der Waals surface area contributed by atoms with Crippen LogP contribution in [0, 0.1) is 0 Å². The molecule has 1 N–H and O–H groups in total. The third-order valence-electron chi connectivity index (χ3n) is 3.09. The van der Waals surface area contributed by atoms with Crippen molar-refractivity contribution in [3.05, 3.63) is 66.4 Å². The summed E-state index contributed by atoms with van der Waals surface area (Å²) in [5, 5.41) is 2.57. The zero-order valence-electron chi connectivity index (χ0n) is 9.53. The topological polar surface area (TPSA) is 15.8 Å². The van der Waals surface area contributed by atoms with Crippen molar-refractivity contribution in [3.63, 3.8) is 0 Å². The van der Waals surface area contributed by atoms with Gasteiger partial charge in [-0.1, -0.05) is 43.0 Å². The molecule has 3 aromatic rings. The third-order valence-corrected chi connectivity index (χ3v) is 3.09. The quantitative estimate of drug-likeness (QED) is 0.621. The maximum atomic E-state index is 3.61. The maximum absolute atomic E-state index is 3.61. The molecule has 17 heavy (non-hydrogen) atoms. The third kappa shape index (κ3) is 1.57. The summed E-state index contributed by atoms with van der Waals surface area (Å²) in [5.41, 5.74) is 6.53. The molecule has 82 valence electrons. The number of benzene rings is 2. The van der Waals surface area contributed by atoms with Crippen LogP contribution in [0.25, 0.3) is 21.8 Å². The minimum absolute atomic E-state index is 0.869. The van der Waals surface area contributed by atoms with Gasteiger partial charge < -0.3 is 4.98 Å². The van der Waals surface area contributed by atoms with E-state index < -0.39 is 0 Å². The summed E-state index contributed by atoms with van der Waals surface area (Å²) < 4.78 is 0. The summed E-state index contributed by atoms with van der Waals surface area (Å²) in [7, 11) is 0. The molecule has 0 radical (unpaired) electrons. The molecule has 0 aliphatic rings. The Hall–Kier alpha value is -2.24.